The van der Waals surface area contributed by atoms with E-state index in [4.69, 9.17) is 15.0 Å². The van der Waals surface area contributed by atoms with Gasteiger partial charge in [-0.2, -0.15) is 0 Å². The minimum absolute atomic E-state index is 0.645. The summed E-state index contributed by atoms with van der Waals surface area (Å²) in [7, 11) is 0. The molecule has 4 heteroatoms. The fraction of sp³-hybridized carbons (Fsp3) is 0. The van der Waals surface area contributed by atoms with Gasteiger partial charge < -0.3 is 0 Å². The highest BCUT2D eigenvalue weighted by atomic mass is 32.1. The molecule has 3 nitrogen and oxygen atoms in total. The lowest BCUT2D eigenvalue weighted by Crippen LogP contribution is -2.01. The largest absolute Gasteiger partial charge is 0.208 e. The fourth-order valence-corrected chi connectivity index (χ4v) is 9.31. The van der Waals surface area contributed by atoms with Crippen LogP contribution in [0.5, 0.6) is 0 Å². The summed E-state index contributed by atoms with van der Waals surface area (Å²) in [4.78, 5) is 15.0. The molecular weight excluding hydrogens is 687 g/mol. The number of thiophene rings is 1. The molecule has 0 N–H and O–H groups in total. The molecule has 0 aliphatic rings. The third-order valence-electron chi connectivity index (χ3n) is 10.7. The lowest BCUT2D eigenvalue weighted by molar-refractivity contribution is 1.07. The van der Waals surface area contributed by atoms with Crippen LogP contribution >= 0.6 is 11.3 Å². The van der Waals surface area contributed by atoms with Gasteiger partial charge in [0.15, 0.2) is 17.5 Å². The van der Waals surface area contributed by atoms with Gasteiger partial charge >= 0.3 is 0 Å². The van der Waals surface area contributed by atoms with Crippen LogP contribution in [0.3, 0.4) is 0 Å². The van der Waals surface area contributed by atoms with Gasteiger partial charge in [-0.15, -0.1) is 11.3 Å². The van der Waals surface area contributed by atoms with E-state index in [1.165, 1.54) is 58.1 Å². The van der Waals surface area contributed by atoms with Crippen LogP contribution in [0, 0.1) is 0 Å². The molecule has 0 bridgehead atoms. The second-order valence-electron chi connectivity index (χ2n) is 14.0. The molecule has 0 aliphatic carbocycles. The van der Waals surface area contributed by atoms with E-state index < -0.39 is 0 Å². The van der Waals surface area contributed by atoms with Gasteiger partial charge in [-0.25, -0.2) is 15.0 Å². The molecule has 2 heterocycles. The molecule has 9 aromatic carbocycles. The third-order valence-corrected chi connectivity index (χ3v) is 11.9. The zero-order chi connectivity index (χ0) is 36.3. The molecule has 0 aliphatic heterocycles. The first-order valence-corrected chi connectivity index (χ1v) is 19.3. The van der Waals surface area contributed by atoms with E-state index in [0.717, 1.165) is 33.4 Å². The molecule has 0 amide bonds. The predicted octanol–water partition coefficient (Wildman–Crippen LogP) is 14.0. The van der Waals surface area contributed by atoms with Crippen LogP contribution in [-0.2, 0) is 0 Å². The molecule has 256 valence electrons. The second kappa shape index (κ2) is 12.8. The van der Waals surface area contributed by atoms with Gasteiger partial charge in [0.1, 0.15) is 0 Å². The number of benzene rings is 9. The Morgan fingerprint density at radius 1 is 0.309 bits per heavy atom. The van der Waals surface area contributed by atoms with Crippen LogP contribution in [0.2, 0.25) is 0 Å². The van der Waals surface area contributed by atoms with Crippen molar-refractivity contribution in [2.75, 3.05) is 0 Å². The second-order valence-corrected chi connectivity index (χ2v) is 15.0. The summed E-state index contributed by atoms with van der Waals surface area (Å²) in [6.45, 7) is 0. The Labute approximate surface area is 321 Å². The number of nitrogens with zero attached hydrogens (tertiary/aromatic N) is 3. The van der Waals surface area contributed by atoms with Gasteiger partial charge in [-0.05, 0) is 67.4 Å². The molecule has 0 atom stereocenters. The first kappa shape index (κ1) is 31.5. The highest BCUT2D eigenvalue weighted by molar-refractivity contribution is 7.26. The van der Waals surface area contributed by atoms with Gasteiger partial charge in [0.2, 0.25) is 0 Å². The van der Waals surface area contributed by atoms with Gasteiger partial charge in [-0.1, -0.05) is 170 Å². The molecule has 11 rings (SSSR count). The minimum Gasteiger partial charge on any atom is -0.208 e. The van der Waals surface area contributed by atoms with E-state index in [1.54, 1.807) is 0 Å². The van der Waals surface area contributed by atoms with Crippen molar-refractivity contribution in [3.05, 3.63) is 188 Å². The molecule has 0 radical (unpaired) electrons. The van der Waals surface area contributed by atoms with E-state index in [2.05, 4.69) is 127 Å². The summed E-state index contributed by atoms with van der Waals surface area (Å²) >= 11 is 1.90. The average Bonchev–Trinajstić information content (AvgIpc) is 3.65. The SMILES string of the molecule is c1ccc(-c2nc(-c3ccccc3)nc(-c3ccccc3-c3cccc(-c4ccc5c(ccc6ccc7ccc8c9ccccc9sc8c7c65)c4)c3)n2)cc1. The topological polar surface area (TPSA) is 38.7 Å². The summed E-state index contributed by atoms with van der Waals surface area (Å²) in [5.41, 5.74) is 7.37. The predicted molar refractivity (Wildman–Crippen MR) is 232 cm³/mol. The number of hydrogen-bond acceptors (Lipinski definition) is 4. The lowest BCUT2D eigenvalue weighted by atomic mass is 9.92. The standard InChI is InChI=1S/C51H31N3S/c1-3-12-34(13-4-1)49-52-50(35-14-5-2-6-15-35)54-51(53-49)44-20-8-7-18-40(44)38-17-11-16-36(30-38)37-27-28-41-39(31-37)25-24-32-22-23-33-26-29-43-42-19-9-10-21-45(42)55-48(43)47(33)46(32)41/h1-31H. The summed E-state index contributed by atoms with van der Waals surface area (Å²) in [6, 6.07) is 66.9. The molecule has 0 saturated carbocycles. The first-order valence-electron chi connectivity index (χ1n) is 18.5. The molecule has 0 saturated heterocycles. The van der Waals surface area contributed by atoms with E-state index in [9.17, 15) is 0 Å². The van der Waals surface area contributed by atoms with Crippen LogP contribution in [0.1, 0.15) is 0 Å². The van der Waals surface area contributed by atoms with Crippen LogP contribution in [0.4, 0.5) is 0 Å². The normalized spacial score (nSPS) is 11.6. The molecule has 11 aromatic rings. The maximum atomic E-state index is 5.06. The Morgan fingerprint density at radius 3 is 1.62 bits per heavy atom. The Bertz CT molecular complexity index is 3200. The van der Waals surface area contributed by atoms with Crippen molar-refractivity contribution in [2.24, 2.45) is 0 Å². The molecule has 2 aromatic heterocycles. The quantitative estimate of drug-likeness (QED) is 0.166. The molecule has 0 spiro atoms. The van der Waals surface area contributed by atoms with Gasteiger partial charge in [-0.3, -0.25) is 0 Å². The van der Waals surface area contributed by atoms with Gasteiger partial charge in [0, 0.05) is 42.2 Å². The van der Waals surface area contributed by atoms with Crippen LogP contribution in [-0.4, -0.2) is 15.0 Å². The van der Waals surface area contributed by atoms with Gasteiger partial charge in [0.05, 0.1) is 0 Å². The smallest absolute Gasteiger partial charge is 0.164 e. The van der Waals surface area contributed by atoms with E-state index in [-0.39, 0.29) is 0 Å². The number of aromatic nitrogens is 3. The monoisotopic (exact) mass is 717 g/mol. The van der Waals surface area contributed by atoms with Crippen molar-refractivity contribution in [2.45, 2.75) is 0 Å². The van der Waals surface area contributed by atoms with Crippen LogP contribution < -0.4 is 0 Å². The fourth-order valence-electron chi connectivity index (χ4n) is 8.05. The molecule has 0 fully saturated rings. The third kappa shape index (κ3) is 5.38. The highest BCUT2D eigenvalue weighted by Gasteiger charge is 2.17. The molecule has 55 heavy (non-hydrogen) atoms. The Morgan fingerprint density at radius 2 is 0.855 bits per heavy atom. The Balaban J connectivity index is 1.04. The van der Waals surface area contributed by atoms with Gasteiger partial charge in [0.25, 0.3) is 0 Å². The van der Waals surface area contributed by atoms with Crippen LogP contribution in [0.25, 0.3) is 109 Å². The Hall–Kier alpha value is -7.01. The summed E-state index contributed by atoms with van der Waals surface area (Å²) in [6.07, 6.45) is 0. The molecular formula is C51H31N3S. The van der Waals surface area contributed by atoms with Crippen molar-refractivity contribution in [1.82, 2.24) is 15.0 Å². The number of fused-ring (bicyclic) bond motifs is 9. The Kier molecular flexibility index (Phi) is 7.35. The van der Waals surface area contributed by atoms with Crippen LogP contribution in [0.15, 0.2) is 188 Å². The molecule has 0 unspecified atom stereocenters. The maximum Gasteiger partial charge on any atom is 0.164 e. The lowest BCUT2D eigenvalue weighted by Gasteiger charge is -2.13. The van der Waals surface area contributed by atoms with E-state index >= 15 is 0 Å². The van der Waals surface area contributed by atoms with Crippen molar-refractivity contribution in [1.29, 1.82) is 0 Å². The maximum absolute atomic E-state index is 5.06. The average molecular weight is 718 g/mol. The van der Waals surface area contributed by atoms with E-state index in [1.807, 2.05) is 72.0 Å². The van der Waals surface area contributed by atoms with Crippen molar-refractivity contribution in [3.8, 4) is 56.4 Å². The number of hydrogen-bond donors (Lipinski definition) is 0. The zero-order valence-electron chi connectivity index (χ0n) is 29.6. The summed E-state index contributed by atoms with van der Waals surface area (Å²) < 4.78 is 2.69. The van der Waals surface area contributed by atoms with Crippen molar-refractivity contribution < 1.29 is 0 Å². The summed E-state index contributed by atoms with van der Waals surface area (Å²) in [5.74, 6) is 1.95. The highest BCUT2D eigenvalue weighted by Crippen LogP contribution is 2.43. The number of rotatable bonds is 5. The minimum atomic E-state index is 0.645. The zero-order valence-corrected chi connectivity index (χ0v) is 30.5. The van der Waals surface area contributed by atoms with E-state index in [0.29, 0.717) is 17.5 Å². The van der Waals surface area contributed by atoms with Crippen molar-refractivity contribution in [3.63, 3.8) is 0 Å². The first-order chi connectivity index (χ1) is 27.2. The summed E-state index contributed by atoms with van der Waals surface area (Å²) in [5, 5.41) is 10.4. The van der Waals surface area contributed by atoms with Crippen molar-refractivity contribution >= 4 is 63.8 Å².